The minimum absolute atomic E-state index is 0.250. The Morgan fingerprint density at radius 3 is 1.53 bits per heavy atom. The van der Waals surface area contributed by atoms with Crippen molar-refractivity contribution in [3.05, 3.63) is 144 Å². The van der Waals surface area contributed by atoms with Crippen LogP contribution < -0.4 is 30.5 Å². The lowest BCUT2D eigenvalue weighted by Crippen LogP contribution is -2.79. The van der Waals surface area contributed by atoms with Crippen LogP contribution in [0.25, 0.3) is 0 Å². The molecular formula is C38H32N2O2Si. The Morgan fingerprint density at radius 2 is 1.05 bits per heavy atom. The van der Waals surface area contributed by atoms with Gasteiger partial charge in [0.2, 0.25) is 0 Å². The van der Waals surface area contributed by atoms with Crippen molar-refractivity contribution >= 4 is 46.2 Å². The third-order valence-corrected chi connectivity index (χ3v) is 15.0. The summed E-state index contributed by atoms with van der Waals surface area (Å²) in [6, 6.07) is 44.2. The molecule has 0 aliphatic carbocycles. The highest BCUT2D eigenvalue weighted by atomic mass is 28.3. The molecule has 2 fully saturated rings. The van der Waals surface area contributed by atoms with Gasteiger partial charge in [-0.05, 0) is 63.9 Å². The quantitative estimate of drug-likeness (QED) is 0.237. The van der Waals surface area contributed by atoms with Gasteiger partial charge in [-0.15, -0.1) is 0 Å². The van der Waals surface area contributed by atoms with Crippen LogP contribution in [0.15, 0.2) is 121 Å². The molecule has 9 rings (SSSR count). The smallest absolute Gasteiger partial charge is 0.340 e. The van der Waals surface area contributed by atoms with Crippen molar-refractivity contribution in [3.63, 3.8) is 0 Å². The number of fused-ring (bicyclic) bond motifs is 6. The summed E-state index contributed by atoms with van der Waals surface area (Å²) < 4.78 is 6.72. The van der Waals surface area contributed by atoms with E-state index < -0.39 is 13.7 Å². The second-order valence-electron chi connectivity index (χ2n) is 12.2. The maximum atomic E-state index is 13.7. The molecule has 210 valence electrons. The molecule has 4 aliphatic rings. The first-order valence-electron chi connectivity index (χ1n) is 15.4. The van der Waals surface area contributed by atoms with E-state index in [9.17, 15) is 4.79 Å². The summed E-state index contributed by atoms with van der Waals surface area (Å²) in [5, 5.41) is 5.31. The summed E-state index contributed by atoms with van der Waals surface area (Å²) in [6.07, 6.45) is 2.43. The first-order valence-corrected chi connectivity index (χ1v) is 17.4. The van der Waals surface area contributed by atoms with E-state index >= 15 is 0 Å². The standard InChI is InChI=1S/C38H32N2O2Si/c41-37-31-15-7-8-16-32(31)38(42-37)33-19-17-27(39-21-9-22-39)25-35(33)43(29-11-3-1-4-12-29,30-13-5-2-6-14-30)36-26-28(18-20-34(36)38)40-23-10-24-40/h1-8,11-20,25-26H,9-10,21-24H2. The van der Waals surface area contributed by atoms with E-state index in [1.54, 1.807) is 0 Å². The van der Waals surface area contributed by atoms with Gasteiger partial charge in [-0.3, -0.25) is 0 Å². The first kappa shape index (κ1) is 24.9. The van der Waals surface area contributed by atoms with Crippen LogP contribution in [0.2, 0.25) is 0 Å². The molecule has 0 atom stereocenters. The van der Waals surface area contributed by atoms with Crippen molar-refractivity contribution < 1.29 is 9.53 Å². The molecule has 0 saturated carbocycles. The van der Waals surface area contributed by atoms with E-state index in [4.69, 9.17) is 4.74 Å². The van der Waals surface area contributed by atoms with Crippen molar-refractivity contribution in [3.8, 4) is 0 Å². The summed E-state index contributed by atoms with van der Waals surface area (Å²) in [5.41, 5.74) is 5.30. The molecule has 5 heteroatoms. The van der Waals surface area contributed by atoms with Crippen LogP contribution in [0.4, 0.5) is 11.4 Å². The molecule has 43 heavy (non-hydrogen) atoms. The van der Waals surface area contributed by atoms with Crippen LogP contribution >= 0.6 is 0 Å². The number of esters is 1. The first-order chi connectivity index (χ1) is 21.2. The van der Waals surface area contributed by atoms with E-state index in [0.717, 1.165) is 42.9 Å². The molecule has 5 aromatic carbocycles. The minimum Gasteiger partial charge on any atom is -0.441 e. The molecule has 5 aromatic rings. The van der Waals surface area contributed by atoms with E-state index in [-0.39, 0.29) is 5.97 Å². The maximum absolute atomic E-state index is 13.7. The lowest BCUT2D eigenvalue weighted by Gasteiger charge is -2.48. The fourth-order valence-corrected chi connectivity index (χ4v) is 13.2. The van der Waals surface area contributed by atoms with Crippen molar-refractivity contribution in [2.24, 2.45) is 0 Å². The number of anilines is 2. The summed E-state index contributed by atoms with van der Waals surface area (Å²) >= 11 is 0. The SMILES string of the molecule is O=C1OC2(c3ccccc31)c1ccc(N3CCC3)cc1[Si](c1ccccc1)(c1ccccc1)c1cc(N3CCC3)ccc12. The average molecular weight is 577 g/mol. The zero-order valence-electron chi connectivity index (χ0n) is 24.0. The van der Waals surface area contributed by atoms with Crippen LogP contribution in [0, 0.1) is 0 Å². The highest BCUT2D eigenvalue weighted by Gasteiger charge is 2.59. The molecule has 0 amide bonds. The molecular weight excluding hydrogens is 545 g/mol. The number of benzene rings is 5. The Hall–Kier alpha value is -4.61. The molecule has 2 saturated heterocycles. The fourth-order valence-electron chi connectivity index (χ4n) is 7.91. The average Bonchev–Trinajstić information content (AvgIpc) is 3.30. The van der Waals surface area contributed by atoms with Crippen LogP contribution in [-0.4, -0.2) is 40.2 Å². The van der Waals surface area contributed by atoms with E-state index in [1.165, 1.54) is 45.0 Å². The number of nitrogens with zero attached hydrogens (tertiary/aromatic N) is 2. The highest BCUT2D eigenvalue weighted by Crippen LogP contribution is 2.49. The maximum Gasteiger partial charge on any atom is 0.340 e. The summed E-state index contributed by atoms with van der Waals surface area (Å²) in [4.78, 5) is 18.6. The third kappa shape index (κ3) is 3.28. The Kier molecular flexibility index (Phi) is 5.33. The molecule has 4 heterocycles. The van der Waals surface area contributed by atoms with Crippen LogP contribution in [-0.2, 0) is 10.3 Å². The predicted molar refractivity (Wildman–Crippen MR) is 175 cm³/mol. The second kappa shape index (κ2) is 9.19. The molecule has 0 unspecified atom stereocenters. The van der Waals surface area contributed by atoms with Crippen LogP contribution in [0.1, 0.15) is 39.9 Å². The van der Waals surface area contributed by atoms with Gasteiger partial charge < -0.3 is 14.5 Å². The summed E-state index contributed by atoms with van der Waals surface area (Å²) in [6.45, 7) is 4.29. The van der Waals surface area contributed by atoms with E-state index in [0.29, 0.717) is 5.56 Å². The van der Waals surface area contributed by atoms with Crippen molar-refractivity contribution in [2.75, 3.05) is 36.0 Å². The van der Waals surface area contributed by atoms with E-state index in [1.807, 2.05) is 18.2 Å². The summed E-state index contributed by atoms with van der Waals surface area (Å²) in [5.74, 6) is -0.250. The number of ether oxygens (including phenoxy) is 1. The Labute approximate surface area is 253 Å². The number of hydrogen-bond donors (Lipinski definition) is 0. The third-order valence-electron chi connectivity index (χ3n) is 10.2. The van der Waals surface area contributed by atoms with Crippen molar-refractivity contribution in [1.29, 1.82) is 0 Å². The van der Waals surface area contributed by atoms with Gasteiger partial charge in [-0.2, -0.15) is 0 Å². The van der Waals surface area contributed by atoms with Crippen molar-refractivity contribution in [2.45, 2.75) is 18.4 Å². The highest BCUT2D eigenvalue weighted by molar-refractivity contribution is 7.20. The van der Waals surface area contributed by atoms with Crippen LogP contribution in [0.3, 0.4) is 0 Å². The predicted octanol–water partition coefficient (Wildman–Crippen LogP) is 4.26. The van der Waals surface area contributed by atoms with E-state index in [2.05, 4.69) is 113 Å². The fraction of sp³-hybridized carbons (Fsp3) is 0.184. The topological polar surface area (TPSA) is 32.8 Å². The molecule has 0 bridgehead atoms. The van der Waals surface area contributed by atoms with Gasteiger partial charge in [0, 0.05) is 54.2 Å². The zero-order chi connectivity index (χ0) is 28.6. The van der Waals surface area contributed by atoms with Crippen molar-refractivity contribution in [1.82, 2.24) is 0 Å². The minimum atomic E-state index is -2.89. The van der Waals surface area contributed by atoms with Crippen LogP contribution in [0.5, 0.6) is 0 Å². The lowest BCUT2D eigenvalue weighted by atomic mass is 9.79. The molecule has 0 N–H and O–H groups in total. The van der Waals surface area contributed by atoms with Gasteiger partial charge in [-0.1, -0.05) is 91.0 Å². The van der Waals surface area contributed by atoms with Gasteiger partial charge in [0.1, 0.15) is 0 Å². The number of rotatable bonds is 4. The molecule has 4 nitrogen and oxygen atoms in total. The molecule has 4 aliphatic heterocycles. The lowest BCUT2D eigenvalue weighted by molar-refractivity contribution is 0.0255. The van der Waals surface area contributed by atoms with Gasteiger partial charge in [0.05, 0.1) is 5.56 Å². The largest absolute Gasteiger partial charge is 0.441 e. The molecule has 1 spiro atoms. The zero-order valence-corrected chi connectivity index (χ0v) is 25.0. The second-order valence-corrected chi connectivity index (χ2v) is 16.0. The van der Waals surface area contributed by atoms with Gasteiger partial charge in [-0.25, -0.2) is 4.79 Å². The Balaban J connectivity index is 1.47. The molecule has 0 radical (unpaired) electrons. The number of hydrogen-bond acceptors (Lipinski definition) is 4. The van der Waals surface area contributed by atoms with Gasteiger partial charge in [0.15, 0.2) is 13.7 Å². The Morgan fingerprint density at radius 1 is 0.558 bits per heavy atom. The molecule has 0 aromatic heterocycles. The number of carbonyl (C=O) groups excluding carboxylic acids is 1. The monoisotopic (exact) mass is 576 g/mol. The van der Waals surface area contributed by atoms with Gasteiger partial charge in [0.25, 0.3) is 0 Å². The normalized spacial score (nSPS) is 18.7. The number of carbonyl (C=O) groups is 1. The van der Waals surface area contributed by atoms with Gasteiger partial charge >= 0.3 is 5.97 Å². The summed E-state index contributed by atoms with van der Waals surface area (Å²) in [7, 11) is -2.89. The Bertz CT molecular complexity index is 1790.